The molecule has 0 saturated heterocycles. The van der Waals surface area contributed by atoms with Crippen LogP contribution >= 0.6 is 22.9 Å². The number of hydrogen-bond donors (Lipinski definition) is 1. The molecule has 0 amide bonds. The van der Waals surface area contributed by atoms with E-state index in [4.69, 9.17) is 11.6 Å². The Labute approximate surface area is 98.0 Å². The fourth-order valence-electron chi connectivity index (χ4n) is 1.48. The summed E-state index contributed by atoms with van der Waals surface area (Å²) in [7, 11) is 0. The van der Waals surface area contributed by atoms with Crippen molar-refractivity contribution in [3.05, 3.63) is 56.7 Å². The van der Waals surface area contributed by atoms with Gasteiger partial charge < -0.3 is 5.11 Å². The fourth-order valence-corrected chi connectivity index (χ4v) is 2.57. The van der Waals surface area contributed by atoms with Crippen LogP contribution < -0.4 is 0 Å². The molecule has 0 spiro atoms. The fraction of sp³-hybridized carbons (Fsp3) is 0.167. The lowest BCUT2D eigenvalue weighted by atomic mass is 10.1. The predicted molar refractivity (Wildman–Crippen MR) is 64.6 cm³/mol. The van der Waals surface area contributed by atoms with E-state index in [1.54, 1.807) is 6.07 Å². The van der Waals surface area contributed by atoms with E-state index in [2.05, 4.69) is 0 Å². The normalized spacial score (nSPS) is 12.7. The lowest BCUT2D eigenvalue weighted by Gasteiger charge is -2.09. The Balaban J connectivity index is 2.32. The molecule has 0 aliphatic carbocycles. The highest BCUT2D eigenvalue weighted by Crippen LogP contribution is 2.29. The summed E-state index contributed by atoms with van der Waals surface area (Å²) in [6, 6.07) is 9.67. The monoisotopic (exact) mass is 238 g/mol. The molecule has 0 saturated carbocycles. The second kappa shape index (κ2) is 4.35. The van der Waals surface area contributed by atoms with Crippen LogP contribution in [-0.2, 0) is 0 Å². The molecule has 0 aliphatic rings. The predicted octanol–water partition coefficient (Wildman–Crippen LogP) is 3.79. The summed E-state index contributed by atoms with van der Waals surface area (Å²) in [6.07, 6.45) is -0.567. The maximum Gasteiger partial charge on any atom is 0.113 e. The van der Waals surface area contributed by atoms with E-state index in [1.807, 2.05) is 36.6 Å². The van der Waals surface area contributed by atoms with Crippen molar-refractivity contribution in [2.45, 2.75) is 13.0 Å². The van der Waals surface area contributed by atoms with Crippen molar-refractivity contribution in [3.8, 4) is 0 Å². The minimum Gasteiger partial charge on any atom is -0.383 e. The average molecular weight is 239 g/mol. The number of rotatable bonds is 2. The third-order valence-corrected chi connectivity index (χ3v) is 3.55. The van der Waals surface area contributed by atoms with Gasteiger partial charge in [0.05, 0.1) is 5.02 Å². The Bertz CT molecular complexity index is 464. The van der Waals surface area contributed by atoms with Crippen molar-refractivity contribution in [2.24, 2.45) is 0 Å². The molecule has 2 aromatic rings. The van der Waals surface area contributed by atoms with Crippen molar-refractivity contribution in [1.82, 2.24) is 0 Å². The van der Waals surface area contributed by atoms with Crippen molar-refractivity contribution >= 4 is 22.9 Å². The molecule has 0 aliphatic heterocycles. The van der Waals surface area contributed by atoms with Crippen LogP contribution in [0.5, 0.6) is 0 Å². The third kappa shape index (κ3) is 2.40. The molecule has 78 valence electrons. The standard InChI is InChI=1S/C12H11ClOS/c1-8-3-2-4-9(5-8)12(14)11-6-10(13)7-15-11/h2-7,12,14H,1H3. The molecule has 0 bridgehead atoms. The van der Waals surface area contributed by atoms with E-state index in [-0.39, 0.29) is 0 Å². The number of hydrogen-bond acceptors (Lipinski definition) is 2. The summed E-state index contributed by atoms with van der Waals surface area (Å²) >= 11 is 7.30. The van der Waals surface area contributed by atoms with Gasteiger partial charge in [0.25, 0.3) is 0 Å². The van der Waals surface area contributed by atoms with Gasteiger partial charge in [-0.25, -0.2) is 0 Å². The number of benzene rings is 1. The highest BCUT2D eigenvalue weighted by molar-refractivity contribution is 7.10. The van der Waals surface area contributed by atoms with Crippen LogP contribution in [0.15, 0.2) is 35.7 Å². The molecule has 1 unspecified atom stereocenters. The first-order valence-corrected chi connectivity index (χ1v) is 5.91. The lowest BCUT2D eigenvalue weighted by Crippen LogP contribution is -1.96. The van der Waals surface area contributed by atoms with Crippen LogP contribution in [0.4, 0.5) is 0 Å². The van der Waals surface area contributed by atoms with Gasteiger partial charge in [0.1, 0.15) is 6.10 Å². The maximum atomic E-state index is 10.1. The van der Waals surface area contributed by atoms with E-state index >= 15 is 0 Å². The zero-order chi connectivity index (χ0) is 10.8. The molecule has 15 heavy (non-hydrogen) atoms. The average Bonchev–Trinajstić information content (AvgIpc) is 2.64. The Morgan fingerprint density at radius 1 is 1.33 bits per heavy atom. The van der Waals surface area contributed by atoms with Crippen LogP contribution in [-0.4, -0.2) is 5.11 Å². The van der Waals surface area contributed by atoms with E-state index in [1.165, 1.54) is 11.3 Å². The summed E-state index contributed by atoms with van der Waals surface area (Å²) in [5, 5.41) is 12.6. The van der Waals surface area contributed by atoms with Crippen LogP contribution in [0.2, 0.25) is 5.02 Å². The molecule has 1 heterocycles. The van der Waals surface area contributed by atoms with Crippen LogP contribution in [0.3, 0.4) is 0 Å². The van der Waals surface area contributed by atoms with Crippen LogP contribution in [0, 0.1) is 6.92 Å². The summed E-state index contributed by atoms with van der Waals surface area (Å²) < 4.78 is 0. The van der Waals surface area contributed by atoms with Crippen LogP contribution in [0.1, 0.15) is 22.1 Å². The lowest BCUT2D eigenvalue weighted by molar-refractivity contribution is 0.224. The molecule has 1 aromatic carbocycles. The zero-order valence-corrected chi connectivity index (χ0v) is 9.85. The minimum atomic E-state index is -0.567. The molecule has 0 radical (unpaired) electrons. The second-order valence-corrected chi connectivity index (χ2v) is 4.86. The molecule has 1 nitrogen and oxygen atoms in total. The Kier molecular flexibility index (Phi) is 3.10. The summed E-state index contributed by atoms with van der Waals surface area (Å²) in [4.78, 5) is 0.880. The van der Waals surface area contributed by atoms with Crippen molar-refractivity contribution in [2.75, 3.05) is 0 Å². The summed E-state index contributed by atoms with van der Waals surface area (Å²) in [5.41, 5.74) is 2.06. The van der Waals surface area contributed by atoms with Crippen molar-refractivity contribution in [1.29, 1.82) is 0 Å². The highest BCUT2D eigenvalue weighted by atomic mass is 35.5. The Hall–Kier alpha value is -0.830. The molecule has 0 fully saturated rings. The third-order valence-electron chi connectivity index (χ3n) is 2.22. The molecule has 3 heteroatoms. The first-order valence-electron chi connectivity index (χ1n) is 4.65. The van der Waals surface area contributed by atoms with Gasteiger partial charge >= 0.3 is 0 Å². The Morgan fingerprint density at radius 3 is 2.73 bits per heavy atom. The topological polar surface area (TPSA) is 20.2 Å². The Morgan fingerprint density at radius 2 is 2.13 bits per heavy atom. The van der Waals surface area contributed by atoms with Crippen LogP contribution in [0.25, 0.3) is 0 Å². The summed E-state index contributed by atoms with van der Waals surface area (Å²) in [6.45, 7) is 2.01. The zero-order valence-electron chi connectivity index (χ0n) is 8.27. The van der Waals surface area contributed by atoms with Gasteiger partial charge in [-0.3, -0.25) is 0 Å². The van der Waals surface area contributed by atoms with Gasteiger partial charge in [-0.2, -0.15) is 0 Å². The summed E-state index contributed by atoms with van der Waals surface area (Å²) in [5.74, 6) is 0. The molecular formula is C12H11ClOS. The minimum absolute atomic E-state index is 0.567. The van der Waals surface area contributed by atoms with E-state index in [0.717, 1.165) is 16.0 Å². The van der Waals surface area contributed by atoms with Gasteiger partial charge in [-0.05, 0) is 18.6 Å². The number of aliphatic hydroxyl groups is 1. The van der Waals surface area contributed by atoms with Gasteiger partial charge in [-0.1, -0.05) is 41.4 Å². The first-order chi connectivity index (χ1) is 7.16. The van der Waals surface area contributed by atoms with Gasteiger partial charge in [0.2, 0.25) is 0 Å². The quantitative estimate of drug-likeness (QED) is 0.844. The van der Waals surface area contributed by atoms with E-state index in [0.29, 0.717) is 5.02 Å². The second-order valence-electron chi connectivity index (χ2n) is 3.48. The number of aliphatic hydroxyl groups excluding tert-OH is 1. The van der Waals surface area contributed by atoms with Crippen molar-refractivity contribution in [3.63, 3.8) is 0 Å². The molecule has 1 aromatic heterocycles. The van der Waals surface area contributed by atoms with E-state index < -0.39 is 6.10 Å². The number of thiophene rings is 1. The number of aryl methyl sites for hydroxylation is 1. The molecule has 1 atom stereocenters. The van der Waals surface area contributed by atoms with E-state index in [9.17, 15) is 5.11 Å². The van der Waals surface area contributed by atoms with Gasteiger partial charge in [-0.15, -0.1) is 11.3 Å². The van der Waals surface area contributed by atoms with Gasteiger partial charge in [0.15, 0.2) is 0 Å². The first kappa shape index (κ1) is 10.7. The SMILES string of the molecule is Cc1cccc(C(O)c2cc(Cl)cs2)c1. The molecule has 2 rings (SSSR count). The molecular weight excluding hydrogens is 228 g/mol. The highest BCUT2D eigenvalue weighted by Gasteiger charge is 2.12. The number of halogens is 1. The smallest absolute Gasteiger partial charge is 0.113 e. The molecule has 1 N–H and O–H groups in total. The van der Waals surface area contributed by atoms with Crippen molar-refractivity contribution < 1.29 is 5.11 Å². The van der Waals surface area contributed by atoms with Gasteiger partial charge in [0, 0.05) is 10.3 Å². The maximum absolute atomic E-state index is 10.1. The largest absolute Gasteiger partial charge is 0.383 e.